The minimum Gasteiger partial charge on any atom is -0.497 e. The zero-order valence-electron chi connectivity index (χ0n) is 11.1. The first-order valence-corrected chi connectivity index (χ1v) is 6.14. The van der Waals surface area contributed by atoms with E-state index in [2.05, 4.69) is 15.3 Å². The average Bonchev–Trinajstić information content (AvgIpc) is 2.46. The first kappa shape index (κ1) is 13.1. The summed E-state index contributed by atoms with van der Waals surface area (Å²) in [5.41, 5.74) is 1.10. The van der Waals surface area contributed by atoms with E-state index in [0.717, 1.165) is 11.3 Å². The molecular formula is C14H17N3O2. The van der Waals surface area contributed by atoms with Crippen LogP contribution < -0.4 is 14.8 Å². The summed E-state index contributed by atoms with van der Waals surface area (Å²) in [4.78, 5) is 8.39. The molecule has 0 radical (unpaired) electrons. The summed E-state index contributed by atoms with van der Waals surface area (Å²) in [5, 5.41) is 3.15. The molecule has 1 aromatic carbocycles. The van der Waals surface area contributed by atoms with Crippen molar-refractivity contribution in [3.05, 3.63) is 42.1 Å². The van der Waals surface area contributed by atoms with Gasteiger partial charge in [-0.1, -0.05) is 12.1 Å². The molecule has 0 fully saturated rings. The Morgan fingerprint density at radius 2 is 2.16 bits per heavy atom. The third kappa shape index (κ3) is 3.84. The molecule has 2 aromatic rings. The van der Waals surface area contributed by atoms with Crippen LogP contribution in [0.3, 0.4) is 0 Å². The van der Waals surface area contributed by atoms with Crippen LogP contribution in [0.15, 0.2) is 36.5 Å². The Morgan fingerprint density at radius 3 is 2.95 bits per heavy atom. The summed E-state index contributed by atoms with van der Waals surface area (Å²) < 4.78 is 10.5. The van der Waals surface area contributed by atoms with Crippen molar-refractivity contribution < 1.29 is 9.47 Å². The lowest BCUT2D eigenvalue weighted by atomic mass is 10.2. The molecule has 0 aliphatic carbocycles. The molecule has 2 rings (SSSR count). The van der Waals surface area contributed by atoms with Crippen molar-refractivity contribution in [3.63, 3.8) is 0 Å². The molecule has 0 amide bonds. The number of anilines is 1. The van der Waals surface area contributed by atoms with Gasteiger partial charge in [-0.05, 0) is 24.6 Å². The van der Waals surface area contributed by atoms with Gasteiger partial charge in [-0.15, -0.1) is 0 Å². The number of nitrogens with zero attached hydrogens (tertiary/aromatic N) is 2. The predicted octanol–water partition coefficient (Wildman–Crippen LogP) is 2.50. The Labute approximate surface area is 112 Å². The molecule has 5 heteroatoms. The van der Waals surface area contributed by atoms with Crippen LogP contribution in [-0.4, -0.2) is 23.7 Å². The maximum atomic E-state index is 5.32. The van der Waals surface area contributed by atoms with Crippen molar-refractivity contribution in [2.24, 2.45) is 0 Å². The van der Waals surface area contributed by atoms with Crippen LogP contribution in [-0.2, 0) is 6.54 Å². The van der Waals surface area contributed by atoms with E-state index in [1.165, 1.54) is 0 Å². The molecule has 0 spiro atoms. The molecule has 0 atom stereocenters. The van der Waals surface area contributed by atoms with E-state index in [1.807, 2.05) is 31.2 Å². The van der Waals surface area contributed by atoms with Crippen LogP contribution >= 0.6 is 0 Å². The van der Waals surface area contributed by atoms with Crippen molar-refractivity contribution in [2.75, 3.05) is 19.0 Å². The first-order valence-electron chi connectivity index (χ1n) is 6.14. The van der Waals surface area contributed by atoms with Gasteiger partial charge in [-0.3, -0.25) is 0 Å². The van der Waals surface area contributed by atoms with Gasteiger partial charge in [0.05, 0.1) is 13.7 Å². The normalized spacial score (nSPS) is 10.0. The third-order valence-corrected chi connectivity index (χ3v) is 2.51. The van der Waals surface area contributed by atoms with Crippen molar-refractivity contribution in [2.45, 2.75) is 13.5 Å². The highest BCUT2D eigenvalue weighted by atomic mass is 16.5. The maximum Gasteiger partial charge on any atom is 0.226 e. The van der Waals surface area contributed by atoms with Crippen LogP contribution in [0.2, 0.25) is 0 Å². The Balaban J connectivity index is 1.99. The number of ether oxygens (including phenoxy) is 2. The quantitative estimate of drug-likeness (QED) is 0.863. The Morgan fingerprint density at radius 1 is 1.26 bits per heavy atom. The van der Waals surface area contributed by atoms with Gasteiger partial charge < -0.3 is 14.8 Å². The number of hydrogen-bond donors (Lipinski definition) is 1. The van der Waals surface area contributed by atoms with E-state index in [-0.39, 0.29) is 0 Å². The number of rotatable bonds is 6. The fraction of sp³-hybridized carbons (Fsp3) is 0.286. The second-order valence-corrected chi connectivity index (χ2v) is 3.86. The molecule has 1 heterocycles. The molecule has 0 saturated heterocycles. The molecule has 0 saturated carbocycles. The molecule has 5 nitrogen and oxygen atoms in total. The van der Waals surface area contributed by atoms with Crippen LogP contribution in [0.1, 0.15) is 12.5 Å². The first-order chi connectivity index (χ1) is 9.31. The smallest absolute Gasteiger partial charge is 0.226 e. The Hall–Kier alpha value is -2.30. The molecule has 0 aliphatic heterocycles. The van der Waals surface area contributed by atoms with Gasteiger partial charge in [0.15, 0.2) is 0 Å². The van der Waals surface area contributed by atoms with E-state index >= 15 is 0 Å². The highest BCUT2D eigenvalue weighted by Gasteiger charge is 2.00. The molecule has 1 aromatic heterocycles. The molecular weight excluding hydrogens is 242 g/mol. The van der Waals surface area contributed by atoms with Gasteiger partial charge in [0.2, 0.25) is 11.8 Å². The number of hydrogen-bond acceptors (Lipinski definition) is 5. The summed E-state index contributed by atoms with van der Waals surface area (Å²) in [6.07, 6.45) is 1.67. The SMILES string of the molecule is CCOc1ccnc(NCc2cccc(OC)c2)n1. The van der Waals surface area contributed by atoms with Crippen LogP contribution in [0.4, 0.5) is 5.95 Å². The summed E-state index contributed by atoms with van der Waals surface area (Å²) in [6, 6.07) is 9.59. The van der Waals surface area contributed by atoms with Gasteiger partial charge in [0, 0.05) is 18.8 Å². The van der Waals surface area contributed by atoms with Gasteiger partial charge in [0.25, 0.3) is 0 Å². The number of aromatic nitrogens is 2. The molecule has 0 bridgehead atoms. The van der Waals surface area contributed by atoms with Crippen LogP contribution in [0.5, 0.6) is 11.6 Å². The van der Waals surface area contributed by atoms with Crippen LogP contribution in [0, 0.1) is 0 Å². The monoisotopic (exact) mass is 259 g/mol. The largest absolute Gasteiger partial charge is 0.497 e. The zero-order valence-corrected chi connectivity index (χ0v) is 11.1. The van der Waals surface area contributed by atoms with Gasteiger partial charge in [-0.25, -0.2) is 4.98 Å². The van der Waals surface area contributed by atoms with E-state index in [1.54, 1.807) is 19.4 Å². The Kier molecular flexibility index (Phi) is 4.55. The lowest BCUT2D eigenvalue weighted by Gasteiger charge is -2.07. The van der Waals surface area contributed by atoms with Crippen molar-refractivity contribution in [3.8, 4) is 11.6 Å². The van der Waals surface area contributed by atoms with E-state index in [9.17, 15) is 0 Å². The molecule has 0 aliphatic rings. The second-order valence-electron chi connectivity index (χ2n) is 3.86. The van der Waals surface area contributed by atoms with Gasteiger partial charge >= 0.3 is 0 Å². The zero-order chi connectivity index (χ0) is 13.5. The van der Waals surface area contributed by atoms with Crippen LogP contribution in [0.25, 0.3) is 0 Å². The van der Waals surface area contributed by atoms with Crippen molar-refractivity contribution >= 4 is 5.95 Å². The highest BCUT2D eigenvalue weighted by molar-refractivity contribution is 5.33. The minimum atomic E-state index is 0.550. The fourth-order valence-electron chi connectivity index (χ4n) is 1.62. The van der Waals surface area contributed by atoms with Crippen molar-refractivity contribution in [1.29, 1.82) is 0 Å². The minimum absolute atomic E-state index is 0.550. The van der Waals surface area contributed by atoms with Gasteiger partial charge in [0.1, 0.15) is 5.75 Å². The number of nitrogens with one attached hydrogen (secondary N) is 1. The topological polar surface area (TPSA) is 56.3 Å². The van der Waals surface area contributed by atoms with Crippen molar-refractivity contribution in [1.82, 2.24) is 9.97 Å². The highest BCUT2D eigenvalue weighted by Crippen LogP contribution is 2.14. The summed E-state index contributed by atoms with van der Waals surface area (Å²) >= 11 is 0. The predicted molar refractivity (Wildman–Crippen MR) is 73.5 cm³/mol. The standard InChI is InChI=1S/C14H17N3O2/c1-3-19-13-7-8-15-14(17-13)16-10-11-5-4-6-12(9-11)18-2/h4-9H,3,10H2,1-2H3,(H,15,16,17). The fourth-order valence-corrected chi connectivity index (χ4v) is 1.62. The molecule has 19 heavy (non-hydrogen) atoms. The summed E-state index contributed by atoms with van der Waals surface area (Å²) in [5.74, 6) is 1.96. The maximum absolute atomic E-state index is 5.32. The third-order valence-electron chi connectivity index (χ3n) is 2.51. The lowest BCUT2D eigenvalue weighted by molar-refractivity contribution is 0.326. The molecule has 100 valence electrons. The molecule has 0 unspecified atom stereocenters. The number of benzene rings is 1. The second kappa shape index (κ2) is 6.58. The van der Waals surface area contributed by atoms with E-state index in [4.69, 9.17) is 9.47 Å². The van der Waals surface area contributed by atoms with E-state index in [0.29, 0.717) is 25.0 Å². The Bertz CT molecular complexity index is 532. The summed E-state index contributed by atoms with van der Waals surface area (Å²) in [6.45, 7) is 3.14. The average molecular weight is 259 g/mol. The summed E-state index contributed by atoms with van der Waals surface area (Å²) in [7, 11) is 1.65. The number of methoxy groups -OCH3 is 1. The lowest BCUT2D eigenvalue weighted by Crippen LogP contribution is -2.05. The van der Waals surface area contributed by atoms with E-state index < -0.39 is 0 Å². The molecule has 1 N–H and O–H groups in total. The van der Waals surface area contributed by atoms with Gasteiger partial charge in [-0.2, -0.15) is 4.98 Å².